The molecule has 0 spiro atoms. The predicted octanol–water partition coefficient (Wildman–Crippen LogP) is 1.63. The number of nitrogens with zero attached hydrogens (tertiary/aromatic N) is 1. The van der Waals surface area contributed by atoms with E-state index < -0.39 is 5.82 Å². The van der Waals surface area contributed by atoms with Gasteiger partial charge in [0.1, 0.15) is 12.1 Å². The van der Waals surface area contributed by atoms with E-state index in [2.05, 4.69) is 0 Å². The Balaban J connectivity index is 2.21. The van der Waals surface area contributed by atoms with Crippen molar-refractivity contribution in [2.24, 2.45) is 0 Å². The Morgan fingerprint density at radius 3 is 3.00 bits per heavy atom. The summed E-state index contributed by atoms with van der Waals surface area (Å²) in [5, 5.41) is 0. The number of aldehydes is 1. The van der Waals surface area contributed by atoms with Gasteiger partial charge in [0, 0.05) is 12.1 Å². The lowest BCUT2D eigenvalue weighted by Crippen LogP contribution is -2.36. The monoisotopic (exact) mass is 221 g/mol. The van der Waals surface area contributed by atoms with E-state index in [0.717, 1.165) is 12.7 Å². The minimum Gasteiger partial charge on any atom is -0.329 e. The number of hydrogen-bond donors (Lipinski definition) is 0. The average Bonchev–Trinajstić information content (AvgIpc) is 2.76. The number of carbonyl (C=O) groups is 2. The third kappa shape index (κ3) is 1.96. The van der Waals surface area contributed by atoms with E-state index in [1.807, 2.05) is 0 Å². The quantitative estimate of drug-likeness (QED) is 0.712. The highest BCUT2D eigenvalue weighted by Crippen LogP contribution is 2.18. The van der Waals surface area contributed by atoms with Gasteiger partial charge >= 0.3 is 0 Å². The van der Waals surface area contributed by atoms with Crippen molar-refractivity contribution in [1.29, 1.82) is 0 Å². The molecule has 1 heterocycles. The first-order valence-corrected chi connectivity index (χ1v) is 5.24. The van der Waals surface area contributed by atoms with Crippen LogP contribution in [0, 0.1) is 5.82 Å². The van der Waals surface area contributed by atoms with Crippen LogP contribution in [0.2, 0.25) is 0 Å². The molecule has 0 aliphatic carbocycles. The van der Waals surface area contributed by atoms with Crippen LogP contribution in [-0.2, 0) is 4.79 Å². The summed E-state index contributed by atoms with van der Waals surface area (Å²) < 4.78 is 13.0. The van der Waals surface area contributed by atoms with Crippen molar-refractivity contribution in [2.45, 2.75) is 18.9 Å². The minimum atomic E-state index is -0.437. The number of rotatable bonds is 2. The van der Waals surface area contributed by atoms with Gasteiger partial charge in [0.05, 0.1) is 6.04 Å². The predicted molar refractivity (Wildman–Crippen MR) is 56.5 cm³/mol. The maximum atomic E-state index is 13.0. The summed E-state index contributed by atoms with van der Waals surface area (Å²) in [5.74, 6) is -0.707. The molecule has 1 aromatic carbocycles. The molecule has 2 rings (SSSR count). The Labute approximate surface area is 92.9 Å². The molecular formula is C12H12FNO2. The highest BCUT2D eigenvalue weighted by atomic mass is 19.1. The Morgan fingerprint density at radius 1 is 1.50 bits per heavy atom. The first kappa shape index (κ1) is 10.8. The lowest BCUT2D eigenvalue weighted by Gasteiger charge is -2.20. The highest BCUT2D eigenvalue weighted by Gasteiger charge is 2.28. The zero-order valence-corrected chi connectivity index (χ0v) is 8.73. The lowest BCUT2D eigenvalue weighted by atomic mass is 10.2. The first-order valence-electron chi connectivity index (χ1n) is 5.24. The maximum Gasteiger partial charge on any atom is 0.254 e. The van der Waals surface area contributed by atoms with E-state index in [4.69, 9.17) is 0 Å². The summed E-state index contributed by atoms with van der Waals surface area (Å²) in [6, 6.07) is 5.19. The maximum absolute atomic E-state index is 13.0. The van der Waals surface area contributed by atoms with Gasteiger partial charge in [-0.25, -0.2) is 4.39 Å². The fraction of sp³-hybridized carbons (Fsp3) is 0.333. The number of carbonyl (C=O) groups excluding carboxylic acids is 2. The lowest BCUT2D eigenvalue weighted by molar-refractivity contribution is -0.111. The molecule has 1 saturated heterocycles. The van der Waals surface area contributed by atoms with Crippen LogP contribution in [0.25, 0.3) is 0 Å². The van der Waals surface area contributed by atoms with Gasteiger partial charge in [-0.15, -0.1) is 0 Å². The molecule has 0 bridgehead atoms. The summed E-state index contributed by atoms with van der Waals surface area (Å²) >= 11 is 0. The fourth-order valence-corrected chi connectivity index (χ4v) is 1.97. The molecule has 0 radical (unpaired) electrons. The van der Waals surface area contributed by atoms with E-state index >= 15 is 0 Å². The molecule has 0 saturated carbocycles. The van der Waals surface area contributed by atoms with Gasteiger partial charge < -0.3 is 9.69 Å². The van der Waals surface area contributed by atoms with Gasteiger partial charge in [-0.3, -0.25) is 4.79 Å². The molecule has 0 aromatic heterocycles. The van der Waals surface area contributed by atoms with Crippen molar-refractivity contribution in [1.82, 2.24) is 4.90 Å². The third-order valence-electron chi connectivity index (χ3n) is 2.79. The van der Waals surface area contributed by atoms with Crippen molar-refractivity contribution in [3.63, 3.8) is 0 Å². The molecule has 1 aromatic rings. The first-order chi connectivity index (χ1) is 7.72. The highest BCUT2D eigenvalue weighted by molar-refractivity contribution is 5.95. The van der Waals surface area contributed by atoms with Gasteiger partial charge in [-0.2, -0.15) is 0 Å². The number of amides is 1. The van der Waals surface area contributed by atoms with Crippen molar-refractivity contribution < 1.29 is 14.0 Å². The molecule has 1 aliphatic heterocycles. The summed E-state index contributed by atoms with van der Waals surface area (Å²) in [7, 11) is 0. The molecule has 1 atom stereocenters. The average molecular weight is 221 g/mol. The van der Waals surface area contributed by atoms with Crippen molar-refractivity contribution >= 4 is 12.2 Å². The van der Waals surface area contributed by atoms with Crippen LogP contribution in [0.4, 0.5) is 4.39 Å². The fourth-order valence-electron chi connectivity index (χ4n) is 1.97. The second kappa shape index (κ2) is 4.43. The molecule has 1 aliphatic rings. The van der Waals surface area contributed by atoms with Crippen LogP contribution in [-0.4, -0.2) is 29.7 Å². The molecule has 4 heteroatoms. The van der Waals surface area contributed by atoms with E-state index in [1.54, 1.807) is 6.07 Å². The molecule has 0 N–H and O–H groups in total. The van der Waals surface area contributed by atoms with Crippen molar-refractivity contribution in [3.8, 4) is 0 Å². The van der Waals surface area contributed by atoms with Crippen LogP contribution >= 0.6 is 0 Å². The number of halogens is 1. The molecule has 1 unspecified atom stereocenters. The van der Waals surface area contributed by atoms with Crippen molar-refractivity contribution in [2.75, 3.05) is 6.54 Å². The number of benzene rings is 1. The Bertz CT molecular complexity index is 419. The van der Waals surface area contributed by atoms with E-state index in [0.29, 0.717) is 18.5 Å². The molecular weight excluding hydrogens is 209 g/mol. The summed E-state index contributed by atoms with van der Waals surface area (Å²) in [5.41, 5.74) is 0.300. The number of likely N-dealkylation sites (tertiary alicyclic amines) is 1. The molecule has 1 fully saturated rings. The number of hydrogen-bond acceptors (Lipinski definition) is 2. The van der Waals surface area contributed by atoms with Crippen LogP contribution in [0.3, 0.4) is 0 Å². The van der Waals surface area contributed by atoms with Crippen LogP contribution < -0.4 is 0 Å². The molecule has 84 valence electrons. The zero-order chi connectivity index (χ0) is 11.5. The normalized spacial score (nSPS) is 19.8. The van der Waals surface area contributed by atoms with E-state index in [-0.39, 0.29) is 11.9 Å². The standard InChI is InChI=1S/C12H12FNO2/c13-10-4-1-3-9(7-10)12(16)14-6-2-5-11(14)8-15/h1,3-4,7-8,11H,2,5-6H2. The van der Waals surface area contributed by atoms with Crippen LogP contribution in [0.1, 0.15) is 23.2 Å². The van der Waals surface area contributed by atoms with Crippen molar-refractivity contribution in [3.05, 3.63) is 35.6 Å². The summed E-state index contributed by atoms with van der Waals surface area (Å²) in [4.78, 5) is 24.2. The van der Waals surface area contributed by atoms with Crippen LogP contribution in [0.5, 0.6) is 0 Å². The van der Waals surface area contributed by atoms with Gasteiger partial charge in [0.25, 0.3) is 5.91 Å². The Morgan fingerprint density at radius 2 is 2.31 bits per heavy atom. The van der Waals surface area contributed by atoms with E-state index in [1.165, 1.54) is 23.1 Å². The topological polar surface area (TPSA) is 37.4 Å². The smallest absolute Gasteiger partial charge is 0.254 e. The second-order valence-electron chi connectivity index (χ2n) is 3.85. The Hall–Kier alpha value is -1.71. The minimum absolute atomic E-state index is 0.269. The summed E-state index contributed by atoms with van der Waals surface area (Å²) in [6.07, 6.45) is 2.30. The van der Waals surface area contributed by atoms with Gasteiger partial charge in [-0.05, 0) is 31.0 Å². The summed E-state index contributed by atoms with van der Waals surface area (Å²) in [6.45, 7) is 0.568. The van der Waals surface area contributed by atoms with Gasteiger partial charge in [0.2, 0.25) is 0 Å². The largest absolute Gasteiger partial charge is 0.329 e. The Kier molecular flexibility index (Phi) is 2.99. The second-order valence-corrected chi connectivity index (χ2v) is 3.85. The zero-order valence-electron chi connectivity index (χ0n) is 8.73. The van der Waals surface area contributed by atoms with Gasteiger partial charge in [0.15, 0.2) is 0 Å². The van der Waals surface area contributed by atoms with Crippen LogP contribution in [0.15, 0.2) is 24.3 Å². The van der Waals surface area contributed by atoms with E-state index in [9.17, 15) is 14.0 Å². The molecule has 3 nitrogen and oxygen atoms in total. The van der Waals surface area contributed by atoms with Gasteiger partial charge in [-0.1, -0.05) is 6.07 Å². The molecule has 16 heavy (non-hydrogen) atoms. The SMILES string of the molecule is O=CC1CCCN1C(=O)c1cccc(F)c1. The molecule has 1 amide bonds. The third-order valence-corrected chi connectivity index (χ3v) is 2.79.